The van der Waals surface area contributed by atoms with Crippen molar-refractivity contribution < 1.29 is 36.9 Å². The number of aryl methyl sites for hydroxylation is 1. The molecule has 0 saturated heterocycles. The lowest BCUT2D eigenvalue weighted by molar-refractivity contribution is -0.123. The minimum absolute atomic E-state index is 0.0171. The second-order valence-electron chi connectivity index (χ2n) is 13.4. The number of fused-ring (bicyclic) bond motifs is 1. The van der Waals surface area contributed by atoms with Gasteiger partial charge in [0.05, 0.1) is 37.3 Å². The van der Waals surface area contributed by atoms with Crippen LogP contribution in [0.4, 0.5) is 8.78 Å². The normalized spacial score (nSPS) is 18.0. The molecule has 4 N–H and O–H groups in total. The first kappa shape index (κ1) is 37.6. The van der Waals surface area contributed by atoms with Gasteiger partial charge in [-0.1, -0.05) is 66.7 Å². The summed E-state index contributed by atoms with van der Waals surface area (Å²) in [6.07, 6.45) is -0.529. The third-order valence-corrected chi connectivity index (χ3v) is 12.9. The van der Waals surface area contributed by atoms with Crippen molar-refractivity contribution in [1.29, 1.82) is 0 Å². The van der Waals surface area contributed by atoms with Gasteiger partial charge in [0.2, 0.25) is 21.9 Å². The number of alkyl halides is 2. The van der Waals surface area contributed by atoms with Gasteiger partial charge in [0.15, 0.2) is 5.88 Å². The van der Waals surface area contributed by atoms with Crippen molar-refractivity contribution in [2.24, 2.45) is 5.92 Å². The topological polar surface area (TPSA) is 128 Å². The Morgan fingerprint density at radius 1 is 1.04 bits per heavy atom. The number of sulfonamides is 1. The predicted octanol–water partition coefficient (Wildman–Crippen LogP) is 6.02. The number of carbonyl (C=O) groups excluding carboxylic acids is 1. The van der Waals surface area contributed by atoms with E-state index in [1.807, 2.05) is 60.7 Å². The molecule has 276 valence electrons. The number of amides is 1. The highest BCUT2D eigenvalue weighted by atomic mass is 32.2. The summed E-state index contributed by atoms with van der Waals surface area (Å²) < 4.78 is 62.7. The molecule has 3 atom stereocenters. The molecule has 9 nitrogen and oxygen atoms in total. The van der Waals surface area contributed by atoms with Crippen molar-refractivity contribution >= 4 is 27.3 Å². The molecule has 0 bridgehead atoms. The van der Waals surface area contributed by atoms with Crippen LogP contribution >= 0.6 is 11.3 Å². The van der Waals surface area contributed by atoms with E-state index >= 15 is 0 Å². The molecule has 2 unspecified atom stereocenters. The predicted molar refractivity (Wildman–Crippen MR) is 195 cm³/mol. The van der Waals surface area contributed by atoms with Gasteiger partial charge in [-0.3, -0.25) is 4.79 Å². The maximum Gasteiger partial charge on any atom is 0.248 e. The highest BCUT2D eigenvalue weighted by Crippen LogP contribution is 2.45. The monoisotopic (exact) mass is 751 g/mol. The number of halogens is 2. The van der Waals surface area contributed by atoms with Gasteiger partial charge in [0.25, 0.3) is 0 Å². The first-order valence-corrected chi connectivity index (χ1v) is 19.4. The fourth-order valence-electron chi connectivity index (χ4n) is 7.14. The van der Waals surface area contributed by atoms with Gasteiger partial charge in [-0.15, -0.1) is 11.3 Å². The van der Waals surface area contributed by atoms with Gasteiger partial charge in [0.1, 0.15) is 6.04 Å². The van der Waals surface area contributed by atoms with Crippen LogP contribution in [0, 0.1) is 5.92 Å². The van der Waals surface area contributed by atoms with Crippen molar-refractivity contribution in [3.05, 3.63) is 135 Å². The van der Waals surface area contributed by atoms with E-state index in [0.717, 1.165) is 21.0 Å². The van der Waals surface area contributed by atoms with E-state index in [1.165, 1.54) is 30.6 Å². The molecule has 0 spiro atoms. The van der Waals surface area contributed by atoms with E-state index in [-0.39, 0.29) is 29.8 Å². The van der Waals surface area contributed by atoms with Crippen LogP contribution in [0.5, 0.6) is 0 Å². The summed E-state index contributed by atoms with van der Waals surface area (Å²) in [4.78, 5) is 15.2. The van der Waals surface area contributed by atoms with Gasteiger partial charge in [0, 0.05) is 35.1 Å². The zero-order chi connectivity index (χ0) is 37.0. The summed E-state index contributed by atoms with van der Waals surface area (Å²) in [6, 6.07) is 25.4. The number of carbonyl (C=O) groups is 1. The number of aliphatic hydroxyl groups excluding tert-OH is 2. The second kappa shape index (κ2) is 15.8. The lowest BCUT2D eigenvalue weighted by Gasteiger charge is -2.39. The van der Waals surface area contributed by atoms with Crippen LogP contribution in [-0.4, -0.2) is 61.1 Å². The van der Waals surface area contributed by atoms with Crippen LogP contribution in [0.15, 0.2) is 108 Å². The van der Waals surface area contributed by atoms with Gasteiger partial charge in [-0.05, 0) is 71.9 Å². The number of ether oxygens (including phenoxy) is 1. The first-order valence-electron chi connectivity index (χ1n) is 17.2. The highest BCUT2D eigenvalue weighted by Gasteiger charge is 2.48. The van der Waals surface area contributed by atoms with Crippen molar-refractivity contribution in [2.75, 3.05) is 20.3 Å². The average molecular weight is 752 g/mol. The Bertz CT molecular complexity index is 1930. The number of benzene rings is 3. The number of nitrogens with one attached hydrogen (secondary N) is 2. The van der Waals surface area contributed by atoms with Crippen molar-refractivity contribution in [3.63, 3.8) is 0 Å². The number of rotatable bonds is 16. The minimum atomic E-state index is -4.26. The Balaban J connectivity index is 1.24. The first-order chi connectivity index (χ1) is 24.9. The number of methoxy groups -OCH3 is 1. The molecule has 13 heteroatoms. The second-order valence-corrected chi connectivity index (χ2v) is 16.5. The molecule has 1 aromatic heterocycles. The number of hydrogen-bond donors (Lipinski definition) is 4. The summed E-state index contributed by atoms with van der Waals surface area (Å²) in [5, 5.41) is 27.1. The Labute approximate surface area is 307 Å². The fourth-order valence-corrected chi connectivity index (χ4v) is 9.98. The molecule has 1 heterocycles. The summed E-state index contributed by atoms with van der Waals surface area (Å²) >= 11 is 1.23. The fraction of sp³-hybridized carbons (Fsp3) is 0.359. The van der Waals surface area contributed by atoms with Crippen LogP contribution < -0.4 is 10.6 Å². The van der Waals surface area contributed by atoms with Gasteiger partial charge >= 0.3 is 0 Å². The largest absolute Gasteiger partial charge is 0.483 e. The third kappa shape index (κ3) is 8.24. The van der Waals surface area contributed by atoms with Gasteiger partial charge < -0.3 is 25.6 Å². The van der Waals surface area contributed by atoms with E-state index in [9.17, 15) is 32.2 Å². The molecule has 4 aromatic rings. The SMILES string of the molecule is C=C(N[C@H](C(=O)NCc1ccc(C(CO)N(CC2CC(F)(F)C2)S(=O)(=O)c2ccc3c(c2)CCC3O)s1)C(c1ccccc1)c1ccccc1)OC. The number of aliphatic hydroxyl groups is 2. The standard InChI is InChI=1S/C39H43F2N3O6S2/c1-25(50-2)43-37(36(27-9-5-3-6-10-27)28-11-7-4-8-12-28)38(47)42-22-30-14-18-35(51-30)33(24-45)44(23-26-20-39(40,41)21-26)52(48,49)31-15-16-32-29(19-31)13-17-34(32)46/h3-12,14-16,18-19,26,33-34,36-37,43,45-46H,1,13,17,20-24H2,2H3,(H,42,47)/t33?,34?,37-/m0/s1. The van der Waals surface area contributed by atoms with E-state index in [4.69, 9.17) is 4.74 Å². The van der Waals surface area contributed by atoms with Crippen LogP contribution in [0.25, 0.3) is 0 Å². The molecule has 1 amide bonds. The van der Waals surface area contributed by atoms with Crippen LogP contribution in [0.1, 0.15) is 69.3 Å². The molecule has 1 saturated carbocycles. The van der Waals surface area contributed by atoms with Crippen molar-refractivity contribution in [1.82, 2.24) is 14.9 Å². The summed E-state index contributed by atoms with van der Waals surface area (Å²) in [6.45, 7) is 3.22. The molecule has 3 aromatic carbocycles. The minimum Gasteiger partial charge on any atom is -0.483 e. The van der Waals surface area contributed by atoms with E-state index in [1.54, 1.807) is 18.2 Å². The maximum absolute atomic E-state index is 14.2. The summed E-state index contributed by atoms with van der Waals surface area (Å²) in [5.41, 5.74) is 3.21. The molecule has 6 rings (SSSR count). The smallest absolute Gasteiger partial charge is 0.248 e. The molecule has 2 aliphatic rings. The van der Waals surface area contributed by atoms with Crippen LogP contribution in [-0.2, 0) is 32.5 Å². The van der Waals surface area contributed by atoms with Gasteiger partial charge in [-0.2, -0.15) is 4.31 Å². The molecule has 0 aliphatic heterocycles. The van der Waals surface area contributed by atoms with Crippen molar-refractivity contribution in [2.45, 2.75) is 67.2 Å². The number of thiophene rings is 1. The van der Waals surface area contributed by atoms with Crippen LogP contribution in [0.2, 0.25) is 0 Å². The zero-order valence-electron chi connectivity index (χ0n) is 28.8. The van der Waals surface area contributed by atoms with Crippen LogP contribution in [0.3, 0.4) is 0 Å². The van der Waals surface area contributed by atoms with Crippen molar-refractivity contribution in [3.8, 4) is 0 Å². The van der Waals surface area contributed by atoms with E-state index in [2.05, 4.69) is 17.2 Å². The number of hydrogen-bond acceptors (Lipinski definition) is 8. The third-order valence-electron chi connectivity index (χ3n) is 9.84. The summed E-state index contributed by atoms with van der Waals surface area (Å²) in [5.74, 6) is -3.96. The Hall–Kier alpha value is -4.14. The maximum atomic E-state index is 14.2. The molecule has 52 heavy (non-hydrogen) atoms. The molecular formula is C39H43F2N3O6S2. The lowest BCUT2D eigenvalue weighted by Crippen LogP contribution is -2.47. The van der Waals surface area contributed by atoms with Gasteiger partial charge in [-0.25, -0.2) is 17.2 Å². The van der Waals surface area contributed by atoms with E-state index in [0.29, 0.717) is 28.2 Å². The Morgan fingerprint density at radius 2 is 1.69 bits per heavy atom. The highest BCUT2D eigenvalue weighted by molar-refractivity contribution is 7.89. The molecule has 0 radical (unpaired) electrons. The molecule has 1 fully saturated rings. The summed E-state index contributed by atoms with van der Waals surface area (Å²) in [7, 11) is -2.79. The van der Waals surface area contributed by atoms with E-state index < -0.39 is 65.4 Å². The zero-order valence-corrected chi connectivity index (χ0v) is 30.4. The number of nitrogens with zero attached hydrogens (tertiary/aromatic N) is 1. The quantitative estimate of drug-likeness (QED) is 0.103. The molecule has 2 aliphatic carbocycles. The Kier molecular flexibility index (Phi) is 11.5. The Morgan fingerprint density at radius 3 is 2.29 bits per heavy atom. The average Bonchev–Trinajstić information content (AvgIpc) is 3.76. The molecular weight excluding hydrogens is 709 g/mol. The lowest BCUT2D eigenvalue weighted by atomic mass is 9.81.